The van der Waals surface area contributed by atoms with E-state index >= 15 is 0 Å². The van der Waals surface area contributed by atoms with Crippen LogP contribution < -0.4 is 4.72 Å². The summed E-state index contributed by atoms with van der Waals surface area (Å²) >= 11 is 5.76. The van der Waals surface area contributed by atoms with Gasteiger partial charge in [-0.05, 0) is 36.6 Å². The van der Waals surface area contributed by atoms with Gasteiger partial charge in [0.05, 0.1) is 6.10 Å². The summed E-state index contributed by atoms with van der Waals surface area (Å²) in [7, 11) is -3.42. The van der Waals surface area contributed by atoms with Crippen molar-refractivity contribution >= 4 is 27.7 Å². The first-order valence-corrected chi connectivity index (χ1v) is 8.02. The molecule has 2 rings (SSSR count). The average Bonchev–Trinajstić information content (AvgIpc) is 2.89. The largest absolute Gasteiger partial charge is 0.377 e. The second-order valence-corrected chi connectivity index (χ2v) is 6.47. The first kappa shape index (κ1) is 14.5. The fourth-order valence-electron chi connectivity index (χ4n) is 1.80. The van der Waals surface area contributed by atoms with Crippen molar-refractivity contribution in [3.63, 3.8) is 0 Å². The summed E-state index contributed by atoms with van der Waals surface area (Å²) < 4.78 is 31.4. The molecule has 0 bridgehead atoms. The third kappa shape index (κ3) is 4.95. The number of ether oxygens (including phenoxy) is 1. The standard InChI is InChI=1S/C13H16ClNO3S/c14-12-5-3-11(4-6-12)7-9-19(16,17)15-10-13-2-1-8-18-13/h3-7,9,13,15H,1-2,8,10H2. The molecule has 0 aromatic heterocycles. The van der Waals surface area contributed by atoms with E-state index in [-0.39, 0.29) is 6.10 Å². The number of hydrogen-bond acceptors (Lipinski definition) is 3. The van der Waals surface area contributed by atoms with E-state index in [9.17, 15) is 8.42 Å². The van der Waals surface area contributed by atoms with Crippen LogP contribution in [-0.4, -0.2) is 27.7 Å². The minimum atomic E-state index is -3.42. The molecule has 1 aliphatic heterocycles. The van der Waals surface area contributed by atoms with Gasteiger partial charge in [0.2, 0.25) is 10.0 Å². The van der Waals surface area contributed by atoms with Gasteiger partial charge in [0.1, 0.15) is 0 Å². The maximum absolute atomic E-state index is 11.7. The van der Waals surface area contributed by atoms with Crippen LogP contribution in [0.3, 0.4) is 0 Å². The predicted molar refractivity (Wildman–Crippen MR) is 76.4 cm³/mol. The first-order chi connectivity index (χ1) is 9.05. The van der Waals surface area contributed by atoms with Gasteiger partial charge < -0.3 is 4.74 Å². The third-order valence-electron chi connectivity index (χ3n) is 2.85. The van der Waals surface area contributed by atoms with Gasteiger partial charge in [0, 0.05) is 23.6 Å². The molecule has 0 spiro atoms. The number of nitrogens with one attached hydrogen (secondary N) is 1. The Morgan fingerprint density at radius 1 is 1.37 bits per heavy atom. The van der Waals surface area contributed by atoms with E-state index in [4.69, 9.17) is 16.3 Å². The molecular weight excluding hydrogens is 286 g/mol. The molecule has 4 nitrogen and oxygen atoms in total. The van der Waals surface area contributed by atoms with Gasteiger partial charge in [0.15, 0.2) is 0 Å². The molecule has 0 aliphatic carbocycles. The summed E-state index contributed by atoms with van der Waals surface area (Å²) in [5.74, 6) is 0. The summed E-state index contributed by atoms with van der Waals surface area (Å²) in [6, 6.07) is 6.95. The van der Waals surface area contributed by atoms with Crippen molar-refractivity contribution in [3.05, 3.63) is 40.3 Å². The number of hydrogen-bond donors (Lipinski definition) is 1. The van der Waals surface area contributed by atoms with E-state index in [2.05, 4.69) is 4.72 Å². The molecule has 0 amide bonds. The normalized spacial score (nSPS) is 20.2. The molecule has 0 radical (unpaired) electrons. The van der Waals surface area contributed by atoms with Crippen LogP contribution in [0, 0.1) is 0 Å². The van der Waals surface area contributed by atoms with E-state index in [0.717, 1.165) is 23.8 Å². The van der Waals surface area contributed by atoms with E-state index in [0.29, 0.717) is 18.2 Å². The van der Waals surface area contributed by atoms with Crippen molar-refractivity contribution < 1.29 is 13.2 Å². The second-order valence-electron chi connectivity index (χ2n) is 4.38. The van der Waals surface area contributed by atoms with Crippen LogP contribution in [0.1, 0.15) is 18.4 Å². The number of benzene rings is 1. The predicted octanol–water partition coefficient (Wildman–Crippen LogP) is 2.41. The summed E-state index contributed by atoms with van der Waals surface area (Å²) in [6.45, 7) is 1.04. The van der Waals surface area contributed by atoms with Crippen molar-refractivity contribution in [3.8, 4) is 0 Å². The van der Waals surface area contributed by atoms with Gasteiger partial charge in [-0.3, -0.25) is 0 Å². The highest BCUT2D eigenvalue weighted by molar-refractivity contribution is 7.92. The zero-order valence-electron chi connectivity index (χ0n) is 10.4. The van der Waals surface area contributed by atoms with Crippen molar-refractivity contribution in [2.24, 2.45) is 0 Å². The van der Waals surface area contributed by atoms with Crippen LogP contribution in [0.15, 0.2) is 29.7 Å². The van der Waals surface area contributed by atoms with Gasteiger partial charge in [0.25, 0.3) is 0 Å². The van der Waals surface area contributed by atoms with Crippen molar-refractivity contribution in [2.45, 2.75) is 18.9 Å². The van der Waals surface area contributed by atoms with Crippen LogP contribution in [-0.2, 0) is 14.8 Å². The van der Waals surface area contributed by atoms with Gasteiger partial charge >= 0.3 is 0 Å². The maximum atomic E-state index is 11.7. The molecule has 1 N–H and O–H groups in total. The molecule has 1 aromatic rings. The Labute approximate surface area is 118 Å². The molecule has 104 valence electrons. The lowest BCUT2D eigenvalue weighted by Gasteiger charge is -2.09. The molecule has 1 saturated heterocycles. The molecule has 1 aromatic carbocycles. The zero-order chi connectivity index (χ0) is 13.7. The molecule has 1 heterocycles. The SMILES string of the molecule is O=S(=O)(C=Cc1ccc(Cl)cc1)NCC1CCCO1. The van der Waals surface area contributed by atoms with Gasteiger partial charge in [-0.15, -0.1) is 0 Å². The van der Waals surface area contributed by atoms with Crippen LogP contribution >= 0.6 is 11.6 Å². The first-order valence-electron chi connectivity index (χ1n) is 6.10. The highest BCUT2D eigenvalue weighted by atomic mass is 35.5. The summed E-state index contributed by atoms with van der Waals surface area (Å²) in [6.07, 6.45) is 3.43. The van der Waals surface area contributed by atoms with Gasteiger partial charge in [-0.1, -0.05) is 23.7 Å². The Hall–Kier alpha value is -0.880. The van der Waals surface area contributed by atoms with Crippen LogP contribution in [0.5, 0.6) is 0 Å². The molecule has 0 saturated carbocycles. The fourth-order valence-corrected chi connectivity index (χ4v) is 2.78. The Kier molecular flexibility index (Phi) is 4.99. The molecule has 1 aliphatic rings. The van der Waals surface area contributed by atoms with Gasteiger partial charge in [-0.2, -0.15) is 0 Å². The Morgan fingerprint density at radius 2 is 2.11 bits per heavy atom. The lowest BCUT2D eigenvalue weighted by molar-refractivity contribution is 0.114. The summed E-state index contributed by atoms with van der Waals surface area (Å²) in [5, 5.41) is 1.78. The Morgan fingerprint density at radius 3 is 2.74 bits per heavy atom. The van der Waals surface area contributed by atoms with Crippen molar-refractivity contribution in [2.75, 3.05) is 13.2 Å². The topological polar surface area (TPSA) is 55.4 Å². The monoisotopic (exact) mass is 301 g/mol. The lowest BCUT2D eigenvalue weighted by Crippen LogP contribution is -2.30. The van der Waals surface area contributed by atoms with Crippen molar-refractivity contribution in [1.29, 1.82) is 0 Å². The average molecular weight is 302 g/mol. The molecule has 1 unspecified atom stereocenters. The third-order valence-corrected chi connectivity index (χ3v) is 4.16. The quantitative estimate of drug-likeness (QED) is 0.908. The maximum Gasteiger partial charge on any atom is 0.233 e. The van der Waals surface area contributed by atoms with Crippen LogP contribution in [0.4, 0.5) is 0 Å². The molecular formula is C13H16ClNO3S. The Balaban J connectivity index is 1.90. The molecule has 6 heteroatoms. The fraction of sp³-hybridized carbons (Fsp3) is 0.385. The van der Waals surface area contributed by atoms with Crippen molar-refractivity contribution in [1.82, 2.24) is 4.72 Å². The summed E-state index contributed by atoms with van der Waals surface area (Å²) in [5.41, 5.74) is 0.784. The second kappa shape index (κ2) is 6.52. The number of rotatable bonds is 5. The minimum Gasteiger partial charge on any atom is -0.377 e. The van der Waals surface area contributed by atoms with E-state index < -0.39 is 10.0 Å². The molecule has 19 heavy (non-hydrogen) atoms. The number of halogens is 1. The van der Waals surface area contributed by atoms with Crippen LogP contribution in [0.25, 0.3) is 6.08 Å². The number of sulfonamides is 1. The van der Waals surface area contributed by atoms with Crippen LogP contribution in [0.2, 0.25) is 5.02 Å². The van der Waals surface area contributed by atoms with Gasteiger partial charge in [-0.25, -0.2) is 13.1 Å². The minimum absolute atomic E-state index is 0.00120. The van der Waals surface area contributed by atoms with E-state index in [1.54, 1.807) is 24.3 Å². The van der Waals surface area contributed by atoms with E-state index in [1.165, 1.54) is 6.08 Å². The lowest BCUT2D eigenvalue weighted by atomic mass is 10.2. The highest BCUT2D eigenvalue weighted by Gasteiger charge is 2.17. The molecule has 1 fully saturated rings. The van der Waals surface area contributed by atoms with E-state index in [1.807, 2.05) is 0 Å². The zero-order valence-corrected chi connectivity index (χ0v) is 12.0. The Bertz CT molecular complexity index is 534. The highest BCUT2D eigenvalue weighted by Crippen LogP contribution is 2.12. The smallest absolute Gasteiger partial charge is 0.233 e. The summed E-state index contributed by atoms with van der Waals surface area (Å²) in [4.78, 5) is 0. The molecule has 1 atom stereocenters.